The van der Waals surface area contributed by atoms with E-state index < -0.39 is 0 Å². The van der Waals surface area contributed by atoms with Crippen LogP contribution in [0.5, 0.6) is 11.5 Å². The number of carbonyl (C=O) groups excluding carboxylic acids is 2. The number of carbonyl (C=O) groups is 2. The van der Waals surface area contributed by atoms with Gasteiger partial charge in [0.05, 0.1) is 12.7 Å². The molecule has 0 atom stereocenters. The Labute approximate surface area is 159 Å². The van der Waals surface area contributed by atoms with Crippen LogP contribution >= 0.6 is 0 Å². The number of nitrogens with one attached hydrogen (secondary N) is 2. The van der Waals surface area contributed by atoms with Crippen LogP contribution in [0.15, 0.2) is 42.5 Å². The summed E-state index contributed by atoms with van der Waals surface area (Å²) in [6, 6.07) is 12.2. The van der Waals surface area contributed by atoms with Crippen LogP contribution in [-0.2, 0) is 4.79 Å². The first-order chi connectivity index (χ1) is 12.7. The van der Waals surface area contributed by atoms with Crippen LogP contribution in [0.2, 0.25) is 0 Å². The lowest BCUT2D eigenvalue weighted by atomic mass is 10.1. The average molecular weight is 370 g/mol. The standard InChI is InChI=1S/C21H26N2O4/c1-14-12-15(26-5)10-11-17(14)22-20(25)16-8-6-7-9-18(16)27-13-19(24)23-21(2,3)4/h6-12H,13H2,1-5H3,(H,22,25)(H,23,24). The van der Waals surface area contributed by atoms with Gasteiger partial charge in [0, 0.05) is 11.2 Å². The molecule has 0 bridgehead atoms. The minimum absolute atomic E-state index is 0.164. The maximum absolute atomic E-state index is 12.7. The molecular formula is C21H26N2O4. The van der Waals surface area contributed by atoms with E-state index in [1.807, 2.05) is 33.8 Å². The number of hydrogen-bond acceptors (Lipinski definition) is 4. The highest BCUT2D eigenvalue weighted by molar-refractivity contribution is 6.06. The first-order valence-electron chi connectivity index (χ1n) is 8.68. The Morgan fingerprint density at radius 2 is 1.78 bits per heavy atom. The zero-order chi connectivity index (χ0) is 20.0. The Morgan fingerprint density at radius 1 is 1.07 bits per heavy atom. The molecule has 0 heterocycles. The van der Waals surface area contributed by atoms with Crippen molar-refractivity contribution in [1.82, 2.24) is 5.32 Å². The van der Waals surface area contributed by atoms with Crippen molar-refractivity contribution in [3.63, 3.8) is 0 Å². The third-order valence-corrected chi connectivity index (χ3v) is 3.69. The molecule has 2 rings (SSSR count). The van der Waals surface area contributed by atoms with E-state index in [-0.39, 0.29) is 24.0 Å². The third kappa shape index (κ3) is 6.02. The van der Waals surface area contributed by atoms with Gasteiger partial charge in [-0.2, -0.15) is 0 Å². The lowest BCUT2D eigenvalue weighted by molar-refractivity contribution is -0.124. The molecule has 0 radical (unpaired) electrons. The van der Waals surface area contributed by atoms with E-state index in [9.17, 15) is 9.59 Å². The Morgan fingerprint density at radius 3 is 2.41 bits per heavy atom. The van der Waals surface area contributed by atoms with E-state index in [1.54, 1.807) is 43.5 Å². The van der Waals surface area contributed by atoms with Crippen LogP contribution in [0.3, 0.4) is 0 Å². The number of benzene rings is 2. The van der Waals surface area contributed by atoms with Crippen molar-refractivity contribution < 1.29 is 19.1 Å². The van der Waals surface area contributed by atoms with Gasteiger partial charge in [0.2, 0.25) is 0 Å². The fourth-order valence-electron chi connectivity index (χ4n) is 2.47. The van der Waals surface area contributed by atoms with E-state index in [4.69, 9.17) is 9.47 Å². The molecule has 0 aliphatic heterocycles. The molecular weight excluding hydrogens is 344 g/mol. The van der Waals surface area contributed by atoms with Crippen molar-refractivity contribution in [2.75, 3.05) is 19.0 Å². The van der Waals surface area contributed by atoms with Crippen LogP contribution in [0, 0.1) is 6.92 Å². The molecule has 2 aromatic rings. The third-order valence-electron chi connectivity index (χ3n) is 3.69. The predicted molar refractivity (Wildman–Crippen MR) is 106 cm³/mol. The summed E-state index contributed by atoms with van der Waals surface area (Å²) in [5, 5.41) is 5.69. The minimum Gasteiger partial charge on any atom is -0.497 e. The van der Waals surface area contributed by atoms with Gasteiger partial charge >= 0.3 is 0 Å². The number of rotatable bonds is 6. The van der Waals surface area contributed by atoms with Crippen molar-refractivity contribution >= 4 is 17.5 Å². The van der Waals surface area contributed by atoms with Crippen molar-refractivity contribution in [3.8, 4) is 11.5 Å². The molecule has 0 aliphatic carbocycles. The lowest BCUT2D eigenvalue weighted by Crippen LogP contribution is -2.43. The normalized spacial score (nSPS) is 10.9. The smallest absolute Gasteiger partial charge is 0.259 e. The number of aryl methyl sites for hydroxylation is 1. The van der Waals surface area contributed by atoms with Crippen molar-refractivity contribution in [2.45, 2.75) is 33.2 Å². The number of anilines is 1. The van der Waals surface area contributed by atoms with E-state index in [0.717, 1.165) is 11.3 Å². The largest absolute Gasteiger partial charge is 0.497 e. The van der Waals surface area contributed by atoms with Crippen LogP contribution in [0.1, 0.15) is 36.7 Å². The number of ether oxygens (including phenoxy) is 2. The highest BCUT2D eigenvalue weighted by Gasteiger charge is 2.17. The lowest BCUT2D eigenvalue weighted by Gasteiger charge is -2.20. The molecule has 2 N–H and O–H groups in total. The molecule has 0 saturated carbocycles. The zero-order valence-electron chi connectivity index (χ0n) is 16.4. The van der Waals surface area contributed by atoms with Gasteiger partial charge in [-0.05, 0) is 63.6 Å². The second-order valence-corrected chi connectivity index (χ2v) is 7.22. The average Bonchev–Trinajstić information content (AvgIpc) is 2.60. The summed E-state index contributed by atoms with van der Waals surface area (Å²) in [6.45, 7) is 7.40. The molecule has 6 heteroatoms. The summed E-state index contributed by atoms with van der Waals surface area (Å²) in [5.41, 5.74) is 1.58. The number of methoxy groups -OCH3 is 1. The summed E-state index contributed by atoms with van der Waals surface area (Å²) in [4.78, 5) is 24.7. The fraction of sp³-hybridized carbons (Fsp3) is 0.333. The molecule has 144 valence electrons. The fourth-order valence-corrected chi connectivity index (χ4v) is 2.47. The highest BCUT2D eigenvalue weighted by Crippen LogP contribution is 2.24. The van der Waals surface area contributed by atoms with Gasteiger partial charge in [0.15, 0.2) is 6.61 Å². The molecule has 0 aliphatic rings. The van der Waals surface area contributed by atoms with Crippen LogP contribution < -0.4 is 20.1 Å². The van der Waals surface area contributed by atoms with E-state index >= 15 is 0 Å². The molecule has 27 heavy (non-hydrogen) atoms. The summed E-state index contributed by atoms with van der Waals surface area (Å²) < 4.78 is 10.8. The van der Waals surface area contributed by atoms with E-state index in [0.29, 0.717) is 17.0 Å². The summed E-state index contributed by atoms with van der Waals surface area (Å²) in [6.07, 6.45) is 0. The van der Waals surface area contributed by atoms with Gasteiger partial charge in [-0.1, -0.05) is 12.1 Å². The quantitative estimate of drug-likeness (QED) is 0.815. The maximum Gasteiger partial charge on any atom is 0.259 e. The molecule has 0 fully saturated rings. The predicted octanol–water partition coefficient (Wildman–Crippen LogP) is 3.55. The monoisotopic (exact) mass is 370 g/mol. The topological polar surface area (TPSA) is 76.7 Å². The Hall–Kier alpha value is -3.02. The number of amides is 2. The van der Waals surface area contributed by atoms with Gasteiger partial charge in [-0.3, -0.25) is 9.59 Å². The SMILES string of the molecule is COc1ccc(NC(=O)c2ccccc2OCC(=O)NC(C)(C)C)c(C)c1. The Bertz CT molecular complexity index is 825. The molecule has 2 aromatic carbocycles. The van der Waals surface area contributed by atoms with E-state index in [1.165, 1.54) is 0 Å². The zero-order valence-corrected chi connectivity index (χ0v) is 16.4. The molecule has 2 amide bonds. The molecule has 0 spiro atoms. The number of hydrogen-bond donors (Lipinski definition) is 2. The second-order valence-electron chi connectivity index (χ2n) is 7.22. The van der Waals surface area contributed by atoms with Gasteiger partial charge in [0.1, 0.15) is 11.5 Å². The summed E-state index contributed by atoms with van der Waals surface area (Å²) >= 11 is 0. The van der Waals surface area contributed by atoms with Gasteiger partial charge in [-0.15, -0.1) is 0 Å². The van der Waals surface area contributed by atoms with Gasteiger partial charge in [-0.25, -0.2) is 0 Å². The van der Waals surface area contributed by atoms with Crippen LogP contribution in [0.25, 0.3) is 0 Å². The van der Waals surface area contributed by atoms with Gasteiger partial charge in [0.25, 0.3) is 11.8 Å². The molecule has 0 saturated heterocycles. The Balaban J connectivity index is 2.10. The van der Waals surface area contributed by atoms with Crippen molar-refractivity contribution in [2.24, 2.45) is 0 Å². The number of para-hydroxylation sites is 1. The van der Waals surface area contributed by atoms with Crippen LogP contribution in [-0.4, -0.2) is 31.1 Å². The minimum atomic E-state index is -0.344. The van der Waals surface area contributed by atoms with E-state index in [2.05, 4.69) is 10.6 Å². The van der Waals surface area contributed by atoms with Gasteiger partial charge < -0.3 is 20.1 Å². The molecule has 6 nitrogen and oxygen atoms in total. The van der Waals surface area contributed by atoms with Crippen LogP contribution in [0.4, 0.5) is 5.69 Å². The Kier molecular flexibility index (Phi) is 6.45. The van der Waals surface area contributed by atoms with Crippen molar-refractivity contribution in [1.29, 1.82) is 0 Å². The molecule has 0 unspecified atom stereocenters. The highest BCUT2D eigenvalue weighted by atomic mass is 16.5. The van der Waals surface area contributed by atoms with Crippen molar-refractivity contribution in [3.05, 3.63) is 53.6 Å². The second kappa shape index (κ2) is 8.58. The summed E-state index contributed by atoms with van der Waals surface area (Å²) in [7, 11) is 1.59. The first-order valence-corrected chi connectivity index (χ1v) is 8.68. The maximum atomic E-state index is 12.7. The molecule has 0 aromatic heterocycles. The first kappa shape index (κ1) is 20.3. The summed E-state index contributed by atoms with van der Waals surface area (Å²) in [5.74, 6) is 0.517.